The molecule has 0 fully saturated rings. The SMILES string of the molecule is N#Cc1ccccc1COC(=O)c1cc(N)ccc1Cl. The Labute approximate surface area is 121 Å². The summed E-state index contributed by atoms with van der Waals surface area (Å²) in [5.74, 6) is -0.574. The number of carbonyl (C=O) groups excluding carboxylic acids is 1. The van der Waals surface area contributed by atoms with Gasteiger partial charge in [-0.05, 0) is 24.3 Å². The minimum atomic E-state index is -0.574. The van der Waals surface area contributed by atoms with Gasteiger partial charge in [-0.2, -0.15) is 5.26 Å². The van der Waals surface area contributed by atoms with E-state index in [0.29, 0.717) is 16.8 Å². The zero-order valence-corrected chi connectivity index (χ0v) is 11.2. The van der Waals surface area contributed by atoms with Crippen LogP contribution < -0.4 is 5.73 Å². The minimum absolute atomic E-state index is 0.00763. The van der Waals surface area contributed by atoms with Crippen molar-refractivity contribution in [1.82, 2.24) is 0 Å². The van der Waals surface area contributed by atoms with E-state index in [1.807, 2.05) is 6.07 Å². The summed E-state index contributed by atoms with van der Waals surface area (Å²) in [6.07, 6.45) is 0. The molecule has 0 aliphatic carbocycles. The molecule has 0 unspecified atom stereocenters. The van der Waals surface area contributed by atoms with Crippen molar-refractivity contribution in [2.45, 2.75) is 6.61 Å². The van der Waals surface area contributed by atoms with E-state index in [-0.39, 0.29) is 17.2 Å². The number of nitrogen functional groups attached to an aromatic ring is 1. The molecule has 20 heavy (non-hydrogen) atoms. The van der Waals surface area contributed by atoms with Gasteiger partial charge in [-0.3, -0.25) is 0 Å². The maximum absolute atomic E-state index is 11.9. The number of nitriles is 1. The van der Waals surface area contributed by atoms with Crippen molar-refractivity contribution in [3.63, 3.8) is 0 Å². The second-order valence-electron chi connectivity index (χ2n) is 4.08. The highest BCUT2D eigenvalue weighted by molar-refractivity contribution is 6.33. The van der Waals surface area contributed by atoms with E-state index in [1.165, 1.54) is 12.1 Å². The molecule has 0 aliphatic heterocycles. The Balaban J connectivity index is 2.13. The first-order valence-electron chi connectivity index (χ1n) is 5.82. The molecule has 2 N–H and O–H groups in total. The van der Waals surface area contributed by atoms with Crippen LogP contribution in [0.5, 0.6) is 0 Å². The second kappa shape index (κ2) is 6.09. The zero-order valence-electron chi connectivity index (χ0n) is 10.5. The molecule has 2 aromatic rings. The second-order valence-corrected chi connectivity index (χ2v) is 4.49. The highest BCUT2D eigenvalue weighted by atomic mass is 35.5. The number of hydrogen-bond acceptors (Lipinski definition) is 4. The van der Waals surface area contributed by atoms with E-state index < -0.39 is 5.97 Å². The lowest BCUT2D eigenvalue weighted by Crippen LogP contribution is -2.07. The first-order valence-corrected chi connectivity index (χ1v) is 6.20. The third-order valence-electron chi connectivity index (χ3n) is 2.71. The van der Waals surface area contributed by atoms with E-state index in [2.05, 4.69) is 0 Å². The molecule has 5 heteroatoms. The molecule has 2 rings (SSSR count). The largest absolute Gasteiger partial charge is 0.457 e. The molecular formula is C15H11ClN2O2. The van der Waals surface area contributed by atoms with Gasteiger partial charge in [0.15, 0.2) is 0 Å². The molecule has 0 aliphatic rings. The number of benzene rings is 2. The third kappa shape index (κ3) is 3.08. The van der Waals surface area contributed by atoms with Gasteiger partial charge >= 0.3 is 5.97 Å². The zero-order chi connectivity index (χ0) is 14.5. The Hall–Kier alpha value is -2.51. The van der Waals surface area contributed by atoms with Crippen molar-refractivity contribution in [3.8, 4) is 6.07 Å². The fraction of sp³-hybridized carbons (Fsp3) is 0.0667. The van der Waals surface area contributed by atoms with Crippen LogP contribution in [0.25, 0.3) is 0 Å². The molecule has 100 valence electrons. The van der Waals surface area contributed by atoms with Crippen LogP contribution in [0.2, 0.25) is 5.02 Å². The normalized spacial score (nSPS) is 9.80. The van der Waals surface area contributed by atoms with Crippen molar-refractivity contribution in [3.05, 3.63) is 64.2 Å². The predicted molar refractivity (Wildman–Crippen MR) is 76.1 cm³/mol. The van der Waals surface area contributed by atoms with E-state index in [4.69, 9.17) is 27.3 Å². The van der Waals surface area contributed by atoms with Gasteiger partial charge in [0.2, 0.25) is 0 Å². The molecule has 0 spiro atoms. The summed E-state index contributed by atoms with van der Waals surface area (Å²) in [6.45, 7) is 0.00763. The summed E-state index contributed by atoms with van der Waals surface area (Å²) in [5.41, 5.74) is 7.36. The number of nitrogens with zero attached hydrogens (tertiary/aromatic N) is 1. The van der Waals surface area contributed by atoms with Crippen molar-refractivity contribution < 1.29 is 9.53 Å². The average Bonchev–Trinajstić information content (AvgIpc) is 2.47. The monoisotopic (exact) mass is 286 g/mol. The van der Waals surface area contributed by atoms with Gasteiger partial charge in [-0.25, -0.2) is 4.79 Å². The molecule has 0 amide bonds. The summed E-state index contributed by atoms with van der Waals surface area (Å²) < 4.78 is 5.16. The summed E-state index contributed by atoms with van der Waals surface area (Å²) in [6, 6.07) is 13.6. The maximum atomic E-state index is 11.9. The summed E-state index contributed by atoms with van der Waals surface area (Å²) in [4.78, 5) is 11.9. The Bertz CT molecular complexity index is 693. The number of nitrogens with two attached hydrogens (primary N) is 1. The Morgan fingerprint density at radius 2 is 2.05 bits per heavy atom. The van der Waals surface area contributed by atoms with Crippen LogP contribution >= 0.6 is 11.6 Å². The molecule has 4 nitrogen and oxygen atoms in total. The Morgan fingerprint density at radius 3 is 2.80 bits per heavy atom. The standard InChI is InChI=1S/C15H11ClN2O2/c16-14-6-5-12(18)7-13(14)15(19)20-9-11-4-2-1-3-10(11)8-17/h1-7H,9,18H2. The number of anilines is 1. The van der Waals surface area contributed by atoms with E-state index in [1.54, 1.807) is 30.3 Å². The van der Waals surface area contributed by atoms with Gasteiger partial charge in [0.25, 0.3) is 0 Å². The molecule has 0 heterocycles. The molecule has 0 aromatic heterocycles. The lowest BCUT2D eigenvalue weighted by atomic mass is 10.1. The Kier molecular flexibility index (Phi) is 4.24. The van der Waals surface area contributed by atoms with Gasteiger partial charge in [-0.15, -0.1) is 0 Å². The highest BCUT2D eigenvalue weighted by Crippen LogP contribution is 2.20. The summed E-state index contributed by atoms with van der Waals surface area (Å²) in [7, 11) is 0. The van der Waals surface area contributed by atoms with Gasteiger partial charge in [-0.1, -0.05) is 29.8 Å². The maximum Gasteiger partial charge on any atom is 0.340 e. The smallest absolute Gasteiger partial charge is 0.340 e. The number of halogens is 1. The van der Waals surface area contributed by atoms with Gasteiger partial charge < -0.3 is 10.5 Å². The van der Waals surface area contributed by atoms with Gasteiger partial charge in [0.05, 0.1) is 22.2 Å². The molecule has 0 saturated heterocycles. The Morgan fingerprint density at radius 1 is 1.30 bits per heavy atom. The minimum Gasteiger partial charge on any atom is -0.457 e. The van der Waals surface area contributed by atoms with Crippen molar-refractivity contribution in [2.75, 3.05) is 5.73 Å². The number of esters is 1. The number of rotatable bonds is 3. The summed E-state index contributed by atoms with van der Waals surface area (Å²) >= 11 is 5.92. The first-order chi connectivity index (χ1) is 9.61. The molecule has 0 radical (unpaired) electrons. The van der Waals surface area contributed by atoms with Gasteiger partial charge in [0.1, 0.15) is 6.61 Å². The van der Waals surface area contributed by atoms with Crippen molar-refractivity contribution in [2.24, 2.45) is 0 Å². The predicted octanol–water partition coefficient (Wildman–Crippen LogP) is 3.15. The lowest BCUT2D eigenvalue weighted by molar-refractivity contribution is 0.0472. The van der Waals surface area contributed by atoms with Crippen LogP contribution in [0.1, 0.15) is 21.5 Å². The summed E-state index contributed by atoms with van der Waals surface area (Å²) in [5, 5.41) is 9.23. The average molecular weight is 287 g/mol. The van der Waals surface area contributed by atoms with Crippen LogP contribution in [-0.4, -0.2) is 5.97 Å². The number of carbonyl (C=O) groups is 1. The molecule has 0 bridgehead atoms. The van der Waals surface area contributed by atoms with Crippen LogP contribution in [0.4, 0.5) is 5.69 Å². The molecule has 0 atom stereocenters. The van der Waals surface area contributed by atoms with Crippen LogP contribution in [0.15, 0.2) is 42.5 Å². The highest BCUT2D eigenvalue weighted by Gasteiger charge is 2.13. The third-order valence-corrected chi connectivity index (χ3v) is 3.04. The van der Waals surface area contributed by atoms with Crippen LogP contribution in [-0.2, 0) is 11.3 Å². The van der Waals surface area contributed by atoms with E-state index in [0.717, 1.165) is 0 Å². The number of hydrogen-bond donors (Lipinski definition) is 1. The quantitative estimate of drug-likeness (QED) is 0.694. The lowest BCUT2D eigenvalue weighted by Gasteiger charge is -2.08. The fourth-order valence-corrected chi connectivity index (χ4v) is 1.87. The van der Waals surface area contributed by atoms with Crippen LogP contribution in [0, 0.1) is 11.3 Å². The molecular weight excluding hydrogens is 276 g/mol. The van der Waals surface area contributed by atoms with Crippen molar-refractivity contribution >= 4 is 23.3 Å². The molecule has 2 aromatic carbocycles. The molecule has 0 saturated carbocycles. The number of ether oxygens (including phenoxy) is 1. The van der Waals surface area contributed by atoms with Crippen molar-refractivity contribution in [1.29, 1.82) is 5.26 Å². The van der Waals surface area contributed by atoms with E-state index in [9.17, 15) is 4.79 Å². The van der Waals surface area contributed by atoms with Crippen LogP contribution in [0.3, 0.4) is 0 Å². The first kappa shape index (κ1) is 13.9. The van der Waals surface area contributed by atoms with E-state index >= 15 is 0 Å². The van der Waals surface area contributed by atoms with Gasteiger partial charge in [0, 0.05) is 11.3 Å². The topological polar surface area (TPSA) is 76.1 Å². The fourth-order valence-electron chi connectivity index (χ4n) is 1.68.